The van der Waals surface area contributed by atoms with Crippen molar-refractivity contribution >= 4 is 39.1 Å². The van der Waals surface area contributed by atoms with Crippen LogP contribution in [-0.2, 0) is 19.6 Å². The normalized spacial score (nSPS) is 11.3. The smallest absolute Gasteiger partial charge is 0.241 e. The minimum absolute atomic E-state index is 0.0587. The van der Waals surface area contributed by atoms with Crippen molar-refractivity contribution in [2.45, 2.75) is 4.90 Å². The zero-order chi connectivity index (χ0) is 15.2. The lowest BCUT2D eigenvalue weighted by Gasteiger charge is -2.08. The van der Waals surface area contributed by atoms with E-state index in [9.17, 15) is 13.2 Å². The molecule has 0 aromatic heterocycles. The van der Waals surface area contributed by atoms with Crippen LogP contribution >= 0.6 is 23.2 Å². The number of hydrogen-bond acceptors (Lipinski definition) is 4. The number of hydrogen-bond donors (Lipinski definition) is 2. The van der Waals surface area contributed by atoms with E-state index in [1.54, 1.807) is 0 Å². The van der Waals surface area contributed by atoms with Crippen molar-refractivity contribution in [3.63, 3.8) is 0 Å². The van der Waals surface area contributed by atoms with Gasteiger partial charge in [-0.15, -0.1) is 0 Å². The molecule has 0 atom stereocenters. The quantitative estimate of drug-likeness (QED) is 0.726. The Morgan fingerprint density at radius 1 is 1.30 bits per heavy atom. The second-order valence-corrected chi connectivity index (χ2v) is 6.32. The molecule has 1 amide bonds. The van der Waals surface area contributed by atoms with Gasteiger partial charge >= 0.3 is 0 Å². The highest BCUT2D eigenvalue weighted by molar-refractivity contribution is 7.89. The van der Waals surface area contributed by atoms with Crippen molar-refractivity contribution in [1.82, 2.24) is 10.0 Å². The van der Waals surface area contributed by atoms with Crippen LogP contribution in [0.15, 0.2) is 23.1 Å². The average Bonchev–Trinajstić information content (AvgIpc) is 2.40. The maximum absolute atomic E-state index is 11.9. The van der Waals surface area contributed by atoms with Crippen molar-refractivity contribution in [3.8, 4) is 0 Å². The molecule has 20 heavy (non-hydrogen) atoms. The average molecular weight is 341 g/mol. The number of carbonyl (C=O) groups is 1. The second kappa shape index (κ2) is 7.80. The Bertz CT molecular complexity index is 578. The molecule has 0 heterocycles. The fourth-order valence-electron chi connectivity index (χ4n) is 1.24. The van der Waals surface area contributed by atoms with Gasteiger partial charge in [0, 0.05) is 13.7 Å². The summed E-state index contributed by atoms with van der Waals surface area (Å²) >= 11 is 11.5. The van der Waals surface area contributed by atoms with Crippen LogP contribution in [0.3, 0.4) is 0 Å². The van der Waals surface area contributed by atoms with Crippen LogP contribution in [-0.4, -0.2) is 41.1 Å². The number of halogens is 2. The Morgan fingerprint density at radius 3 is 2.60 bits per heavy atom. The van der Waals surface area contributed by atoms with Crippen LogP contribution in [0.1, 0.15) is 0 Å². The summed E-state index contributed by atoms with van der Waals surface area (Å²) in [6.45, 7) is 0.293. The molecule has 9 heteroatoms. The van der Waals surface area contributed by atoms with Crippen LogP contribution in [0.5, 0.6) is 0 Å². The number of carbonyl (C=O) groups excluding carboxylic acids is 1. The molecule has 0 unspecified atom stereocenters. The molecular formula is C11H14Cl2N2O4S. The van der Waals surface area contributed by atoms with E-state index >= 15 is 0 Å². The highest BCUT2D eigenvalue weighted by Gasteiger charge is 2.16. The van der Waals surface area contributed by atoms with Crippen LogP contribution < -0.4 is 10.0 Å². The molecule has 0 aliphatic carbocycles. The molecule has 1 rings (SSSR count). The van der Waals surface area contributed by atoms with Crippen molar-refractivity contribution in [2.24, 2.45) is 0 Å². The summed E-state index contributed by atoms with van der Waals surface area (Å²) in [4.78, 5) is 11.3. The van der Waals surface area contributed by atoms with Gasteiger partial charge in [-0.3, -0.25) is 4.79 Å². The van der Waals surface area contributed by atoms with E-state index in [2.05, 4.69) is 10.0 Å². The van der Waals surface area contributed by atoms with Crippen molar-refractivity contribution < 1.29 is 17.9 Å². The van der Waals surface area contributed by atoms with Gasteiger partial charge in [-0.05, 0) is 18.2 Å². The van der Waals surface area contributed by atoms with Gasteiger partial charge < -0.3 is 10.1 Å². The molecule has 2 N–H and O–H groups in total. The summed E-state index contributed by atoms with van der Waals surface area (Å²) in [7, 11) is -2.31. The lowest BCUT2D eigenvalue weighted by atomic mass is 10.4. The third-order valence-corrected chi connectivity index (χ3v) is 4.39. The van der Waals surface area contributed by atoms with Gasteiger partial charge in [0.05, 0.1) is 28.1 Å². The predicted octanol–water partition coefficient (Wildman–Crippen LogP) is 1.03. The zero-order valence-electron chi connectivity index (χ0n) is 10.7. The lowest BCUT2D eigenvalue weighted by Crippen LogP contribution is -2.38. The minimum atomic E-state index is -3.81. The van der Waals surface area contributed by atoms with E-state index in [0.717, 1.165) is 0 Å². The van der Waals surface area contributed by atoms with Crippen LogP contribution in [0.2, 0.25) is 10.0 Å². The molecule has 0 aliphatic rings. The van der Waals surface area contributed by atoms with Gasteiger partial charge in [-0.2, -0.15) is 0 Å². The molecule has 1 aromatic carbocycles. The highest BCUT2D eigenvalue weighted by atomic mass is 35.5. The lowest BCUT2D eigenvalue weighted by molar-refractivity contribution is -0.120. The second-order valence-electron chi connectivity index (χ2n) is 3.74. The maximum atomic E-state index is 11.9. The van der Waals surface area contributed by atoms with E-state index in [-0.39, 0.29) is 21.5 Å². The molecule has 0 radical (unpaired) electrons. The number of ether oxygens (including phenoxy) is 1. The molecule has 0 fully saturated rings. The third kappa shape index (κ3) is 5.26. The monoisotopic (exact) mass is 340 g/mol. The zero-order valence-corrected chi connectivity index (χ0v) is 13.0. The summed E-state index contributed by atoms with van der Waals surface area (Å²) in [6, 6.07) is 3.89. The molecule has 6 nitrogen and oxygen atoms in total. The summed E-state index contributed by atoms with van der Waals surface area (Å²) in [5.41, 5.74) is 0. The highest BCUT2D eigenvalue weighted by Crippen LogP contribution is 2.24. The molecule has 112 valence electrons. The van der Waals surface area contributed by atoms with Crippen LogP contribution in [0.25, 0.3) is 0 Å². The topological polar surface area (TPSA) is 84.5 Å². The Morgan fingerprint density at radius 2 is 2.00 bits per heavy atom. The van der Waals surface area contributed by atoms with E-state index in [0.29, 0.717) is 13.2 Å². The Kier molecular flexibility index (Phi) is 6.70. The first kappa shape index (κ1) is 17.2. The molecule has 0 aliphatic heterocycles. The van der Waals surface area contributed by atoms with Gasteiger partial charge in [0.1, 0.15) is 0 Å². The first-order chi connectivity index (χ1) is 9.36. The number of benzene rings is 1. The van der Waals surface area contributed by atoms with Crippen molar-refractivity contribution in [1.29, 1.82) is 0 Å². The number of amides is 1. The van der Waals surface area contributed by atoms with Crippen molar-refractivity contribution in [3.05, 3.63) is 28.2 Å². The largest absolute Gasteiger partial charge is 0.383 e. The number of methoxy groups -OCH3 is 1. The van der Waals surface area contributed by atoms with E-state index in [1.807, 2.05) is 0 Å². The van der Waals surface area contributed by atoms with Crippen molar-refractivity contribution in [2.75, 3.05) is 26.8 Å². The van der Waals surface area contributed by atoms with Gasteiger partial charge in [-0.1, -0.05) is 23.2 Å². The van der Waals surface area contributed by atoms with Crippen LogP contribution in [0.4, 0.5) is 0 Å². The van der Waals surface area contributed by atoms with E-state index in [1.165, 1.54) is 25.3 Å². The molecule has 0 saturated carbocycles. The molecule has 0 saturated heterocycles. The fraction of sp³-hybridized carbons (Fsp3) is 0.364. The fourth-order valence-corrected chi connectivity index (χ4v) is 2.61. The Labute approximate surface area is 127 Å². The minimum Gasteiger partial charge on any atom is -0.383 e. The summed E-state index contributed by atoms with van der Waals surface area (Å²) in [6.07, 6.45) is 0. The van der Waals surface area contributed by atoms with Gasteiger partial charge in [0.25, 0.3) is 0 Å². The SMILES string of the molecule is COCCNC(=O)CNS(=O)(=O)c1ccc(Cl)c(Cl)c1. The van der Waals surface area contributed by atoms with Crippen LogP contribution in [0, 0.1) is 0 Å². The van der Waals surface area contributed by atoms with Gasteiger partial charge in [0.15, 0.2) is 0 Å². The summed E-state index contributed by atoms with van der Waals surface area (Å²) in [5, 5.41) is 2.87. The Hall–Kier alpha value is -0.860. The molecule has 0 bridgehead atoms. The first-order valence-corrected chi connectivity index (χ1v) is 7.81. The van der Waals surface area contributed by atoms with Gasteiger partial charge in [-0.25, -0.2) is 13.1 Å². The number of sulfonamides is 1. The maximum Gasteiger partial charge on any atom is 0.241 e. The number of rotatable bonds is 7. The van der Waals surface area contributed by atoms with E-state index < -0.39 is 15.9 Å². The molecular weight excluding hydrogens is 327 g/mol. The Balaban J connectivity index is 2.61. The molecule has 0 spiro atoms. The summed E-state index contributed by atoms with van der Waals surface area (Å²) in [5.74, 6) is -0.453. The third-order valence-electron chi connectivity index (χ3n) is 2.25. The molecule has 1 aromatic rings. The first-order valence-electron chi connectivity index (χ1n) is 5.57. The predicted molar refractivity (Wildman–Crippen MR) is 76.5 cm³/mol. The van der Waals surface area contributed by atoms with Gasteiger partial charge in [0.2, 0.25) is 15.9 Å². The number of nitrogens with one attached hydrogen (secondary N) is 2. The standard InChI is InChI=1S/C11H14Cl2N2O4S/c1-19-5-4-14-11(16)7-15-20(17,18)8-2-3-9(12)10(13)6-8/h2-3,6,15H,4-5,7H2,1H3,(H,14,16). The van der Waals surface area contributed by atoms with E-state index in [4.69, 9.17) is 27.9 Å². The summed E-state index contributed by atoms with van der Waals surface area (Å²) < 4.78 is 30.7.